The summed E-state index contributed by atoms with van der Waals surface area (Å²) >= 11 is 0. The Morgan fingerprint density at radius 2 is 1.88 bits per heavy atom. The summed E-state index contributed by atoms with van der Waals surface area (Å²) in [7, 11) is 1.30. The molecule has 8 heteroatoms. The number of rotatable bonds is 9. The molecule has 0 N–H and O–H groups in total. The highest BCUT2D eigenvalue weighted by molar-refractivity contribution is 6.10. The van der Waals surface area contributed by atoms with Crippen molar-refractivity contribution in [1.29, 1.82) is 0 Å². The van der Waals surface area contributed by atoms with E-state index in [1.807, 2.05) is 13.0 Å². The number of hydrogen-bond donors (Lipinski definition) is 0. The molecular weight excluding hydrogens is 410 g/mol. The van der Waals surface area contributed by atoms with Crippen molar-refractivity contribution in [3.8, 4) is 0 Å². The van der Waals surface area contributed by atoms with Crippen LogP contribution in [0.4, 0.5) is 5.69 Å². The average molecular weight is 444 g/mol. The zero-order valence-electron chi connectivity index (χ0n) is 19.4. The van der Waals surface area contributed by atoms with Crippen LogP contribution >= 0.6 is 0 Å². The van der Waals surface area contributed by atoms with Crippen LogP contribution in [0.25, 0.3) is 0 Å². The van der Waals surface area contributed by atoms with Crippen molar-refractivity contribution < 1.29 is 23.9 Å². The van der Waals surface area contributed by atoms with Crippen molar-refractivity contribution in [2.75, 3.05) is 31.6 Å². The lowest BCUT2D eigenvalue weighted by Crippen LogP contribution is -2.62. The lowest BCUT2D eigenvalue weighted by Gasteiger charge is -2.48. The van der Waals surface area contributed by atoms with Gasteiger partial charge in [0.2, 0.25) is 11.8 Å². The van der Waals surface area contributed by atoms with E-state index in [0.717, 1.165) is 12.8 Å². The topological polar surface area (TPSA) is 87.2 Å². The first-order chi connectivity index (χ1) is 15.3. The molecule has 0 saturated carbocycles. The number of benzene rings is 1. The van der Waals surface area contributed by atoms with Crippen LogP contribution < -0.4 is 4.90 Å². The molecule has 0 bridgehead atoms. The van der Waals surface area contributed by atoms with E-state index in [1.54, 1.807) is 28.0 Å². The molecule has 1 saturated heterocycles. The molecular formula is C24H33N3O5. The van der Waals surface area contributed by atoms with Gasteiger partial charge in [0, 0.05) is 25.9 Å². The van der Waals surface area contributed by atoms with Crippen LogP contribution in [0.3, 0.4) is 0 Å². The fourth-order valence-electron chi connectivity index (χ4n) is 4.74. The lowest BCUT2D eigenvalue weighted by atomic mass is 9.98. The Hall–Kier alpha value is -2.90. The standard InChI is InChI=1S/C24H33N3O5/c1-5-17(6-2)15-25(16-22(30)32-4)20(28)12-14-26-23(31)18-9-7-8-10-19(18)27-21(29)11-13-24(26,27)3/h7-10,17H,5-6,11-16H2,1-4H3. The Bertz CT molecular complexity index is 897. The third-order valence-electron chi connectivity index (χ3n) is 6.83. The van der Waals surface area contributed by atoms with Gasteiger partial charge < -0.3 is 14.5 Å². The number of fused-ring (bicyclic) bond motifs is 3. The highest BCUT2D eigenvalue weighted by atomic mass is 16.5. The van der Waals surface area contributed by atoms with Crippen LogP contribution in [-0.2, 0) is 19.1 Å². The first kappa shape index (κ1) is 23.8. The molecule has 32 heavy (non-hydrogen) atoms. The predicted molar refractivity (Wildman–Crippen MR) is 120 cm³/mol. The number of anilines is 1. The smallest absolute Gasteiger partial charge is 0.325 e. The van der Waals surface area contributed by atoms with Gasteiger partial charge in [-0.3, -0.25) is 24.1 Å². The minimum atomic E-state index is -0.800. The van der Waals surface area contributed by atoms with Crippen LogP contribution in [0, 0.1) is 5.92 Å². The summed E-state index contributed by atoms with van der Waals surface area (Å²) in [4.78, 5) is 55.9. The molecule has 0 aromatic heterocycles. The molecule has 2 heterocycles. The van der Waals surface area contributed by atoms with Gasteiger partial charge >= 0.3 is 5.97 Å². The summed E-state index contributed by atoms with van der Waals surface area (Å²) in [5.41, 5.74) is 0.299. The number of esters is 1. The van der Waals surface area contributed by atoms with Crippen molar-refractivity contribution in [1.82, 2.24) is 9.80 Å². The van der Waals surface area contributed by atoms with E-state index in [-0.39, 0.29) is 43.1 Å². The maximum atomic E-state index is 13.3. The SMILES string of the molecule is CCC(CC)CN(CC(=O)OC)C(=O)CCN1C(=O)c2ccccc2N2C(=O)CCC12C. The minimum absolute atomic E-state index is 0.0233. The van der Waals surface area contributed by atoms with E-state index in [9.17, 15) is 19.2 Å². The Labute approximate surface area is 189 Å². The van der Waals surface area contributed by atoms with E-state index >= 15 is 0 Å². The predicted octanol–water partition coefficient (Wildman–Crippen LogP) is 2.81. The molecule has 1 unspecified atom stereocenters. The maximum Gasteiger partial charge on any atom is 0.325 e. The van der Waals surface area contributed by atoms with E-state index in [4.69, 9.17) is 4.74 Å². The number of para-hydroxylation sites is 1. The molecule has 1 atom stereocenters. The molecule has 3 rings (SSSR count). The third kappa shape index (κ3) is 4.36. The summed E-state index contributed by atoms with van der Waals surface area (Å²) in [5.74, 6) is -0.584. The summed E-state index contributed by atoms with van der Waals surface area (Å²) < 4.78 is 4.77. The largest absolute Gasteiger partial charge is 0.468 e. The fraction of sp³-hybridized carbons (Fsp3) is 0.583. The van der Waals surface area contributed by atoms with Gasteiger partial charge in [0.15, 0.2) is 0 Å². The number of carbonyl (C=O) groups is 4. The second-order valence-electron chi connectivity index (χ2n) is 8.70. The number of nitrogens with zero attached hydrogens (tertiary/aromatic N) is 3. The van der Waals surface area contributed by atoms with E-state index in [1.165, 1.54) is 12.0 Å². The molecule has 2 aliphatic rings. The van der Waals surface area contributed by atoms with E-state index < -0.39 is 11.6 Å². The van der Waals surface area contributed by atoms with Gasteiger partial charge in [-0.2, -0.15) is 0 Å². The Morgan fingerprint density at radius 1 is 1.19 bits per heavy atom. The van der Waals surface area contributed by atoms with Crippen molar-refractivity contribution in [3.63, 3.8) is 0 Å². The molecule has 2 aliphatic heterocycles. The second-order valence-corrected chi connectivity index (χ2v) is 8.70. The van der Waals surface area contributed by atoms with Crippen molar-refractivity contribution >= 4 is 29.4 Å². The van der Waals surface area contributed by atoms with Gasteiger partial charge in [-0.25, -0.2) is 0 Å². The van der Waals surface area contributed by atoms with Gasteiger partial charge in [-0.1, -0.05) is 38.8 Å². The number of ether oxygens (including phenoxy) is 1. The monoisotopic (exact) mass is 443 g/mol. The summed E-state index contributed by atoms with van der Waals surface area (Å²) in [6, 6.07) is 7.11. The molecule has 3 amide bonds. The number of amides is 3. The summed E-state index contributed by atoms with van der Waals surface area (Å²) in [6.07, 6.45) is 2.74. The first-order valence-corrected chi connectivity index (χ1v) is 11.3. The summed E-state index contributed by atoms with van der Waals surface area (Å²) in [5, 5.41) is 0. The third-order valence-corrected chi connectivity index (χ3v) is 6.83. The molecule has 8 nitrogen and oxygen atoms in total. The van der Waals surface area contributed by atoms with Crippen LogP contribution in [-0.4, -0.2) is 65.9 Å². The molecule has 0 aliphatic carbocycles. The Balaban J connectivity index is 1.80. The zero-order valence-corrected chi connectivity index (χ0v) is 19.4. The molecule has 174 valence electrons. The van der Waals surface area contributed by atoms with Crippen LogP contribution in [0.5, 0.6) is 0 Å². The van der Waals surface area contributed by atoms with E-state index in [2.05, 4.69) is 13.8 Å². The van der Waals surface area contributed by atoms with Crippen LogP contribution in [0.1, 0.15) is 63.2 Å². The maximum absolute atomic E-state index is 13.3. The van der Waals surface area contributed by atoms with Crippen LogP contribution in [0.15, 0.2) is 24.3 Å². The molecule has 0 spiro atoms. The Kier molecular flexibility index (Phi) is 7.21. The van der Waals surface area contributed by atoms with E-state index in [0.29, 0.717) is 30.6 Å². The summed E-state index contributed by atoms with van der Waals surface area (Å²) in [6.45, 7) is 6.54. The number of carbonyl (C=O) groups excluding carboxylic acids is 4. The van der Waals surface area contributed by atoms with Crippen LogP contribution in [0.2, 0.25) is 0 Å². The van der Waals surface area contributed by atoms with Gasteiger partial charge in [-0.15, -0.1) is 0 Å². The zero-order chi connectivity index (χ0) is 23.5. The number of methoxy groups -OCH3 is 1. The average Bonchev–Trinajstić information content (AvgIpc) is 3.11. The highest BCUT2D eigenvalue weighted by Crippen LogP contribution is 2.44. The number of hydrogen-bond acceptors (Lipinski definition) is 5. The van der Waals surface area contributed by atoms with Crippen molar-refractivity contribution in [2.24, 2.45) is 5.92 Å². The lowest BCUT2D eigenvalue weighted by molar-refractivity contribution is -0.147. The second kappa shape index (κ2) is 9.71. The Morgan fingerprint density at radius 3 is 2.53 bits per heavy atom. The first-order valence-electron chi connectivity index (χ1n) is 11.3. The quantitative estimate of drug-likeness (QED) is 0.548. The fourth-order valence-corrected chi connectivity index (χ4v) is 4.74. The van der Waals surface area contributed by atoms with Crippen molar-refractivity contribution in [2.45, 2.75) is 58.5 Å². The van der Waals surface area contributed by atoms with Gasteiger partial charge in [0.1, 0.15) is 12.2 Å². The van der Waals surface area contributed by atoms with Crippen molar-refractivity contribution in [3.05, 3.63) is 29.8 Å². The molecule has 0 radical (unpaired) electrons. The van der Waals surface area contributed by atoms with Gasteiger partial charge in [-0.05, 0) is 31.4 Å². The molecule has 1 aromatic carbocycles. The van der Waals surface area contributed by atoms with Gasteiger partial charge in [0.25, 0.3) is 5.91 Å². The minimum Gasteiger partial charge on any atom is -0.468 e. The molecule has 1 fully saturated rings. The normalized spacial score (nSPS) is 19.8. The highest BCUT2D eigenvalue weighted by Gasteiger charge is 2.52. The molecule has 1 aromatic rings. The van der Waals surface area contributed by atoms with Gasteiger partial charge in [0.05, 0.1) is 18.4 Å².